The number of likely N-dealkylation sites (tertiary alicyclic amines) is 1. The molecule has 6 nitrogen and oxygen atoms in total. The molecule has 1 fully saturated rings. The van der Waals surface area contributed by atoms with Gasteiger partial charge < -0.3 is 14.6 Å². The summed E-state index contributed by atoms with van der Waals surface area (Å²) in [6.45, 7) is 1.75. The van der Waals surface area contributed by atoms with Crippen molar-refractivity contribution in [2.45, 2.75) is 50.6 Å². The lowest BCUT2D eigenvalue weighted by atomic mass is 9.91. The van der Waals surface area contributed by atoms with Crippen molar-refractivity contribution in [3.8, 4) is 0 Å². The fourth-order valence-corrected chi connectivity index (χ4v) is 5.40. The highest BCUT2D eigenvalue weighted by Crippen LogP contribution is 2.37. The number of nitrogens with one attached hydrogen (secondary N) is 1. The largest absolute Gasteiger partial charge is 0.451 e. The van der Waals surface area contributed by atoms with Crippen LogP contribution in [0.15, 0.2) is 82.0 Å². The number of nitrogens with zero attached hydrogens (tertiary/aromatic N) is 1. The van der Waals surface area contributed by atoms with E-state index >= 15 is 0 Å². The van der Waals surface area contributed by atoms with Gasteiger partial charge in [-0.05, 0) is 67.6 Å². The quantitative estimate of drug-likeness (QED) is 0.251. The normalized spacial score (nSPS) is 17.5. The number of alkyl halides is 6. The average molecular weight is 617 g/mol. The van der Waals surface area contributed by atoms with Crippen LogP contribution < -0.4 is 10.7 Å². The zero-order valence-electron chi connectivity index (χ0n) is 23.3. The molecule has 0 saturated carbocycles. The van der Waals surface area contributed by atoms with Crippen molar-refractivity contribution in [3.63, 3.8) is 0 Å². The van der Waals surface area contributed by atoms with Crippen LogP contribution in [-0.2, 0) is 18.8 Å². The summed E-state index contributed by atoms with van der Waals surface area (Å²) < 4.78 is 86.6. The second-order valence-electron chi connectivity index (χ2n) is 10.8. The van der Waals surface area contributed by atoms with Gasteiger partial charge in [-0.25, -0.2) is 0 Å². The molecule has 1 saturated heterocycles. The monoisotopic (exact) mass is 616 g/mol. The van der Waals surface area contributed by atoms with Crippen LogP contribution in [0, 0.1) is 6.92 Å². The molecule has 5 rings (SSSR count). The molecule has 1 aromatic heterocycles. The fourth-order valence-electron chi connectivity index (χ4n) is 5.40. The van der Waals surface area contributed by atoms with Crippen LogP contribution in [0.3, 0.4) is 0 Å². The van der Waals surface area contributed by atoms with Gasteiger partial charge in [0.2, 0.25) is 0 Å². The SMILES string of the molecule is Cc1ccc2c(=O)cc(C(=O)NC3CCN(C(=O)c4cc(C(F)(F)F)cc(C(F)(F)F)c4)C(Cc4ccccc4)C3)oc2c1. The first kappa shape index (κ1) is 30.8. The zero-order valence-corrected chi connectivity index (χ0v) is 23.3. The fraction of sp³-hybridized carbons (Fsp3) is 0.281. The summed E-state index contributed by atoms with van der Waals surface area (Å²) in [4.78, 5) is 40.5. The number of piperidine rings is 1. The first-order chi connectivity index (χ1) is 20.7. The van der Waals surface area contributed by atoms with Crippen molar-refractivity contribution in [2.75, 3.05) is 6.54 Å². The second-order valence-corrected chi connectivity index (χ2v) is 10.8. The predicted octanol–water partition coefficient (Wildman–Crippen LogP) is 6.78. The van der Waals surface area contributed by atoms with Gasteiger partial charge in [-0.15, -0.1) is 0 Å². The highest BCUT2D eigenvalue weighted by molar-refractivity contribution is 5.95. The third-order valence-corrected chi connectivity index (χ3v) is 7.57. The van der Waals surface area contributed by atoms with Crippen LogP contribution >= 0.6 is 0 Å². The highest BCUT2D eigenvalue weighted by atomic mass is 19.4. The van der Waals surface area contributed by atoms with E-state index in [1.54, 1.807) is 55.5 Å². The van der Waals surface area contributed by atoms with Gasteiger partial charge in [0.25, 0.3) is 11.8 Å². The summed E-state index contributed by atoms with van der Waals surface area (Å²) in [5.74, 6) is -1.86. The van der Waals surface area contributed by atoms with Gasteiger partial charge in [-0.1, -0.05) is 36.4 Å². The molecule has 230 valence electrons. The molecule has 1 N–H and O–H groups in total. The Labute approximate surface area is 247 Å². The standard InChI is InChI=1S/C32H26F6N2O4/c1-18-7-8-25-26(41)17-28(44-27(25)11-18)29(42)39-23-9-10-40(24(16-23)12-19-5-3-2-4-6-19)30(43)20-13-21(31(33,34)35)15-22(14-20)32(36,37)38/h2-8,11,13-15,17,23-24H,9-10,12,16H2,1H3,(H,39,42). The van der Waals surface area contributed by atoms with Crippen LogP contribution in [0.2, 0.25) is 0 Å². The molecule has 2 amide bonds. The molecule has 4 aromatic rings. The molecular formula is C32H26F6N2O4. The van der Waals surface area contributed by atoms with E-state index in [4.69, 9.17) is 4.42 Å². The van der Waals surface area contributed by atoms with Crippen molar-refractivity contribution in [3.05, 3.63) is 117 Å². The molecule has 1 aliphatic heterocycles. The molecular weight excluding hydrogens is 590 g/mol. The zero-order chi connectivity index (χ0) is 31.8. The van der Waals surface area contributed by atoms with E-state index in [-0.39, 0.29) is 43.2 Å². The Hall–Kier alpha value is -4.61. The van der Waals surface area contributed by atoms with Crippen molar-refractivity contribution >= 4 is 22.8 Å². The maximum absolute atomic E-state index is 13.6. The van der Waals surface area contributed by atoms with Crippen LogP contribution in [0.1, 0.15) is 56.0 Å². The maximum Gasteiger partial charge on any atom is 0.416 e. The number of hydrogen-bond acceptors (Lipinski definition) is 4. The molecule has 0 aliphatic carbocycles. The minimum Gasteiger partial charge on any atom is -0.451 e. The third-order valence-electron chi connectivity index (χ3n) is 7.57. The molecule has 44 heavy (non-hydrogen) atoms. The molecule has 3 aromatic carbocycles. The number of amides is 2. The number of aryl methyl sites for hydroxylation is 1. The van der Waals surface area contributed by atoms with Crippen LogP contribution in [-0.4, -0.2) is 35.3 Å². The first-order valence-corrected chi connectivity index (χ1v) is 13.7. The first-order valence-electron chi connectivity index (χ1n) is 13.7. The predicted molar refractivity (Wildman–Crippen MR) is 149 cm³/mol. The van der Waals surface area contributed by atoms with Gasteiger partial charge in [0.05, 0.1) is 16.5 Å². The van der Waals surface area contributed by atoms with E-state index in [0.29, 0.717) is 17.5 Å². The second kappa shape index (κ2) is 11.8. The van der Waals surface area contributed by atoms with E-state index in [2.05, 4.69) is 5.32 Å². The molecule has 2 atom stereocenters. The number of carbonyl (C=O) groups is 2. The summed E-state index contributed by atoms with van der Waals surface area (Å²) in [5, 5.41) is 3.12. The number of halogens is 6. The van der Waals surface area contributed by atoms with E-state index < -0.39 is 58.4 Å². The number of carbonyl (C=O) groups excluding carboxylic acids is 2. The maximum atomic E-state index is 13.6. The van der Waals surface area contributed by atoms with Crippen molar-refractivity contribution in [1.82, 2.24) is 10.2 Å². The summed E-state index contributed by atoms with van der Waals surface area (Å²) in [7, 11) is 0. The van der Waals surface area contributed by atoms with Crippen LogP contribution in [0.5, 0.6) is 0 Å². The number of rotatable bonds is 5. The van der Waals surface area contributed by atoms with E-state index in [9.17, 15) is 40.7 Å². The Morgan fingerprint density at radius 1 is 0.909 bits per heavy atom. The van der Waals surface area contributed by atoms with E-state index in [0.717, 1.165) is 17.2 Å². The average Bonchev–Trinajstić information content (AvgIpc) is 2.96. The molecule has 0 bridgehead atoms. The number of hydrogen-bond donors (Lipinski definition) is 1. The lowest BCUT2D eigenvalue weighted by Crippen LogP contribution is -2.52. The van der Waals surface area contributed by atoms with Gasteiger partial charge in [0.1, 0.15) is 5.58 Å². The molecule has 2 unspecified atom stereocenters. The topological polar surface area (TPSA) is 79.6 Å². The molecule has 0 radical (unpaired) electrons. The lowest BCUT2D eigenvalue weighted by molar-refractivity contribution is -0.143. The van der Waals surface area contributed by atoms with Crippen LogP contribution in [0.25, 0.3) is 11.0 Å². The van der Waals surface area contributed by atoms with Gasteiger partial charge in [0, 0.05) is 30.3 Å². The lowest BCUT2D eigenvalue weighted by Gasteiger charge is -2.40. The molecule has 1 aliphatic rings. The van der Waals surface area contributed by atoms with Gasteiger partial charge in [0.15, 0.2) is 11.2 Å². The van der Waals surface area contributed by atoms with Gasteiger partial charge >= 0.3 is 12.4 Å². The highest BCUT2D eigenvalue weighted by Gasteiger charge is 2.39. The minimum absolute atomic E-state index is 0.0214. The third kappa shape index (κ3) is 6.79. The van der Waals surface area contributed by atoms with E-state index in [1.807, 2.05) is 0 Å². The Bertz CT molecular complexity index is 1730. The minimum atomic E-state index is -5.10. The van der Waals surface area contributed by atoms with Gasteiger partial charge in [-0.3, -0.25) is 14.4 Å². The number of benzene rings is 3. The van der Waals surface area contributed by atoms with Crippen molar-refractivity contribution < 1.29 is 40.3 Å². The van der Waals surface area contributed by atoms with Crippen molar-refractivity contribution in [2.24, 2.45) is 0 Å². The molecule has 12 heteroatoms. The summed E-state index contributed by atoms with van der Waals surface area (Å²) in [6, 6.07) is 14.5. The smallest absolute Gasteiger partial charge is 0.416 e. The molecule has 2 heterocycles. The Morgan fingerprint density at radius 3 is 2.20 bits per heavy atom. The Balaban J connectivity index is 1.42. The van der Waals surface area contributed by atoms with Gasteiger partial charge in [-0.2, -0.15) is 26.3 Å². The van der Waals surface area contributed by atoms with E-state index in [1.165, 1.54) is 4.90 Å². The summed E-state index contributed by atoms with van der Waals surface area (Å²) in [5.41, 5.74) is -2.46. The summed E-state index contributed by atoms with van der Waals surface area (Å²) >= 11 is 0. The van der Waals surface area contributed by atoms with Crippen LogP contribution in [0.4, 0.5) is 26.3 Å². The summed E-state index contributed by atoms with van der Waals surface area (Å²) in [6.07, 6.45) is -9.67. The number of fused-ring (bicyclic) bond motifs is 1. The Kier molecular flexibility index (Phi) is 8.28. The van der Waals surface area contributed by atoms with Crippen molar-refractivity contribution in [1.29, 1.82) is 0 Å². The molecule has 0 spiro atoms. The Morgan fingerprint density at radius 2 is 1.57 bits per heavy atom.